The minimum atomic E-state index is -0.404. The van der Waals surface area contributed by atoms with Gasteiger partial charge in [-0.3, -0.25) is 9.59 Å². The highest BCUT2D eigenvalue weighted by Gasteiger charge is 2.39. The van der Waals surface area contributed by atoms with Crippen LogP contribution in [0.5, 0.6) is 5.75 Å². The highest BCUT2D eigenvalue weighted by molar-refractivity contribution is 6.22. The highest BCUT2D eigenvalue weighted by atomic mass is 16.5. The normalized spacial score (nSPS) is 17.4. The fraction of sp³-hybridized carbons (Fsp3) is 0.600. The highest BCUT2D eigenvalue weighted by Crippen LogP contribution is 2.26. The first-order valence-electron chi connectivity index (χ1n) is 9.50. The maximum Gasteiger partial charge on any atom is 0.251 e. The van der Waals surface area contributed by atoms with Gasteiger partial charge in [0.25, 0.3) is 5.91 Å². The Morgan fingerprint density at radius 1 is 1.12 bits per heavy atom. The van der Waals surface area contributed by atoms with Crippen LogP contribution in [0.15, 0.2) is 24.3 Å². The largest absolute Gasteiger partial charge is 0.494 e. The number of unbranched alkanes of at least 4 members (excludes halogenated alkanes) is 5. The molecule has 1 unspecified atom stereocenters. The van der Waals surface area contributed by atoms with E-state index in [-0.39, 0.29) is 18.2 Å². The Bertz CT molecular complexity index is 574. The van der Waals surface area contributed by atoms with Gasteiger partial charge in [-0.05, 0) is 32.0 Å². The summed E-state index contributed by atoms with van der Waals surface area (Å²) in [7, 11) is 0. The van der Waals surface area contributed by atoms with Crippen LogP contribution in [0.4, 0.5) is 5.69 Å². The van der Waals surface area contributed by atoms with E-state index in [0.717, 1.165) is 13.0 Å². The molecule has 0 bridgehead atoms. The molecule has 0 spiro atoms. The quantitative estimate of drug-likeness (QED) is 0.491. The summed E-state index contributed by atoms with van der Waals surface area (Å²) in [5.41, 5.74) is 0.588. The van der Waals surface area contributed by atoms with Crippen molar-refractivity contribution in [1.29, 1.82) is 0 Å². The van der Waals surface area contributed by atoms with Gasteiger partial charge in [0, 0.05) is 6.07 Å². The molecule has 1 aliphatic heterocycles. The monoisotopic (exact) mass is 346 g/mol. The third-order valence-corrected chi connectivity index (χ3v) is 4.45. The number of nitrogens with zero attached hydrogens (tertiary/aromatic N) is 1. The fourth-order valence-corrected chi connectivity index (χ4v) is 3.12. The third kappa shape index (κ3) is 5.56. The topological polar surface area (TPSA) is 58.6 Å². The lowest BCUT2D eigenvalue weighted by Crippen LogP contribution is -2.39. The maximum atomic E-state index is 12.6. The number of carbonyl (C=O) groups is 2. The third-order valence-electron chi connectivity index (χ3n) is 4.45. The zero-order chi connectivity index (χ0) is 18.1. The Hall–Kier alpha value is -1.88. The van der Waals surface area contributed by atoms with Crippen molar-refractivity contribution in [2.45, 2.75) is 64.8 Å². The summed E-state index contributed by atoms with van der Waals surface area (Å²) in [6.45, 7) is 5.44. The summed E-state index contributed by atoms with van der Waals surface area (Å²) in [6, 6.07) is 6.74. The van der Waals surface area contributed by atoms with Gasteiger partial charge in [-0.1, -0.05) is 45.1 Å². The van der Waals surface area contributed by atoms with E-state index in [9.17, 15) is 9.59 Å². The van der Waals surface area contributed by atoms with Crippen LogP contribution in [-0.2, 0) is 9.59 Å². The Kier molecular flexibility index (Phi) is 7.92. The van der Waals surface area contributed by atoms with E-state index in [2.05, 4.69) is 12.2 Å². The van der Waals surface area contributed by atoms with E-state index < -0.39 is 6.04 Å². The van der Waals surface area contributed by atoms with Gasteiger partial charge in [-0.2, -0.15) is 0 Å². The van der Waals surface area contributed by atoms with Gasteiger partial charge in [0.1, 0.15) is 5.75 Å². The molecule has 1 aromatic rings. The first kappa shape index (κ1) is 19.4. The van der Waals surface area contributed by atoms with Gasteiger partial charge in [-0.15, -0.1) is 0 Å². The molecule has 0 aromatic heterocycles. The van der Waals surface area contributed by atoms with E-state index in [1.54, 1.807) is 18.2 Å². The van der Waals surface area contributed by atoms with Crippen molar-refractivity contribution in [3.8, 4) is 5.75 Å². The zero-order valence-corrected chi connectivity index (χ0v) is 15.4. The molecule has 0 radical (unpaired) electrons. The van der Waals surface area contributed by atoms with Crippen molar-refractivity contribution >= 4 is 17.5 Å². The van der Waals surface area contributed by atoms with Gasteiger partial charge in [0.05, 0.1) is 24.8 Å². The van der Waals surface area contributed by atoms with Gasteiger partial charge in [0.2, 0.25) is 5.91 Å². The number of hydrogen-bond donors (Lipinski definition) is 1. The zero-order valence-electron chi connectivity index (χ0n) is 15.4. The first-order chi connectivity index (χ1) is 12.2. The Morgan fingerprint density at radius 2 is 1.88 bits per heavy atom. The maximum absolute atomic E-state index is 12.6. The van der Waals surface area contributed by atoms with Crippen LogP contribution in [0.25, 0.3) is 0 Å². The molecule has 2 amide bonds. The van der Waals surface area contributed by atoms with Crippen LogP contribution in [0, 0.1) is 0 Å². The van der Waals surface area contributed by atoms with Gasteiger partial charge in [0.15, 0.2) is 0 Å². The number of amides is 2. The van der Waals surface area contributed by atoms with E-state index in [4.69, 9.17) is 4.74 Å². The lowest BCUT2D eigenvalue weighted by molar-refractivity contribution is -0.121. The molecule has 25 heavy (non-hydrogen) atoms. The molecule has 1 N–H and O–H groups in total. The van der Waals surface area contributed by atoms with Crippen LogP contribution in [0.1, 0.15) is 58.8 Å². The molecule has 1 heterocycles. The Balaban J connectivity index is 1.84. The summed E-state index contributed by atoms with van der Waals surface area (Å²) in [4.78, 5) is 26.2. The predicted molar refractivity (Wildman–Crippen MR) is 99.9 cm³/mol. The van der Waals surface area contributed by atoms with Gasteiger partial charge in [-0.25, -0.2) is 4.90 Å². The van der Waals surface area contributed by atoms with Crippen LogP contribution >= 0.6 is 0 Å². The van der Waals surface area contributed by atoms with Crippen molar-refractivity contribution in [3.63, 3.8) is 0 Å². The van der Waals surface area contributed by atoms with E-state index >= 15 is 0 Å². The lowest BCUT2D eigenvalue weighted by Gasteiger charge is -2.16. The lowest BCUT2D eigenvalue weighted by atomic mass is 10.1. The van der Waals surface area contributed by atoms with Crippen molar-refractivity contribution in [2.75, 3.05) is 18.1 Å². The molecule has 2 rings (SSSR count). The average Bonchev–Trinajstić information content (AvgIpc) is 2.88. The molecule has 5 heteroatoms. The molecular formula is C20H30N2O3. The van der Waals surface area contributed by atoms with Crippen molar-refractivity contribution in [2.24, 2.45) is 0 Å². The Labute approximate surface area is 150 Å². The number of ether oxygens (including phenoxy) is 1. The minimum absolute atomic E-state index is 0.154. The first-order valence-corrected chi connectivity index (χ1v) is 9.50. The van der Waals surface area contributed by atoms with E-state index in [0.29, 0.717) is 18.0 Å². The van der Waals surface area contributed by atoms with Crippen LogP contribution < -0.4 is 15.0 Å². The van der Waals surface area contributed by atoms with Crippen molar-refractivity contribution < 1.29 is 14.3 Å². The predicted octanol–water partition coefficient (Wildman–Crippen LogP) is 3.67. The van der Waals surface area contributed by atoms with Gasteiger partial charge < -0.3 is 10.1 Å². The second-order valence-electron chi connectivity index (χ2n) is 6.48. The summed E-state index contributed by atoms with van der Waals surface area (Å²) in [5, 5.41) is 3.25. The standard InChI is InChI=1S/C20H30N2O3/c1-3-5-6-7-8-9-13-21-18-15-19(23)22(20(18)24)16-11-10-12-17(14-16)25-4-2/h10-12,14,18,21H,3-9,13,15H2,1-2H3. The SMILES string of the molecule is CCCCCCCCNC1CC(=O)N(c2cccc(OCC)c2)C1=O. The summed E-state index contributed by atoms with van der Waals surface area (Å²) in [6.07, 6.45) is 7.50. The molecule has 0 saturated carbocycles. The molecule has 1 atom stereocenters. The number of nitrogens with one attached hydrogen (secondary N) is 1. The summed E-state index contributed by atoms with van der Waals surface area (Å²) >= 11 is 0. The molecule has 1 fully saturated rings. The average molecular weight is 346 g/mol. The number of benzene rings is 1. The number of imide groups is 1. The molecule has 1 saturated heterocycles. The smallest absolute Gasteiger partial charge is 0.251 e. The second kappa shape index (κ2) is 10.2. The minimum Gasteiger partial charge on any atom is -0.494 e. The molecular weight excluding hydrogens is 316 g/mol. The van der Waals surface area contributed by atoms with Crippen molar-refractivity contribution in [3.05, 3.63) is 24.3 Å². The molecule has 138 valence electrons. The van der Waals surface area contributed by atoms with Crippen LogP contribution in [0.2, 0.25) is 0 Å². The van der Waals surface area contributed by atoms with Crippen LogP contribution in [-0.4, -0.2) is 31.0 Å². The molecule has 1 aromatic carbocycles. The molecule has 0 aliphatic carbocycles. The van der Waals surface area contributed by atoms with Gasteiger partial charge >= 0.3 is 0 Å². The van der Waals surface area contributed by atoms with E-state index in [1.807, 2.05) is 13.0 Å². The second-order valence-corrected chi connectivity index (χ2v) is 6.48. The number of rotatable bonds is 11. The molecule has 1 aliphatic rings. The number of anilines is 1. The van der Waals surface area contributed by atoms with Crippen molar-refractivity contribution in [1.82, 2.24) is 5.32 Å². The van der Waals surface area contributed by atoms with E-state index in [1.165, 1.54) is 37.0 Å². The fourth-order valence-electron chi connectivity index (χ4n) is 3.12. The van der Waals surface area contributed by atoms with Crippen LogP contribution in [0.3, 0.4) is 0 Å². The summed E-state index contributed by atoms with van der Waals surface area (Å²) < 4.78 is 5.46. The Morgan fingerprint density at radius 3 is 2.64 bits per heavy atom. The summed E-state index contributed by atoms with van der Waals surface area (Å²) in [5.74, 6) is 0.354. The number of hydrogen-bond acceptors (Lipinski definition) is 4. The number of carbonyl (C=O) groups excluding carboxylic acids is 2. The molecule has 5 nitrogen and oxygen atoms in total.